The van der Waals surface area contributed by atoms with Crippen molar-refractivity contribution in [3.63, 3.8) is 0 Å². The Balaban J connectivity index is 0.00000264. The molecule has 0 spiro atoms. The van der Waals surface area contributed by atoms with E-state index in [0.717, 1.165) is 5.01 Å². The number of nitrogens with zero attached hydrogens (tertiary/aromatic N) is 2. The van der Waals surface area contributed by atoms with Gasteiger partial charge in [-0.25, -0.2) is 4.98 Å². The van der Waals surface area contributed by atoms with Gasteiger partial charge < -0.3 is 16.0 Å². The SMILES string of the molecule is CN(C)C(CNC(=O)c1csc(CCN)n1)c1ccccc1.Cl.Cl. The highest BCUT2D eigenvalue weighted by molar-refractivity contribution is 7.09. The van der Waals surface area contributed by atoms with Crippen LogP contribution >= 0.6 is 36.2 Å². The van der Waals surface area contributed by atoms with Crippen molar-refractivity contribution >= 4 is 42.1 Å². The van der Waals surface area contributed by atoms with Crippen molar-refractivity contribution in [2.24, 2.45) is 5.73 Å². The van der Waals surface area contributed by atoms with Gasteiger partial charge >= 0.3 is 0 Å². The summed E-state index contributed by atoms with van der Waals surface area (Å²) in [6, 6.07) is 10.3. The Morgan fingerprint density at radius 3 is 2.54 bits per heavy atom. The molecule has 134 valence electrons. The van der Waals surface area contributed by atoms with Crippen molar-refractivity contribution in [3.05, 3.63) is 52.0 Å². The number of nitrogens with two attached hydrogens (primary N) is 1. The number of rotatable bonds is 7. The predicted molar refractivity (Wildman–Crippen MR) is 105 cm³/mol. The van der Waals surface area contributed by atoms with Gasteiger partial charge in [-0.05, 0) is 26.2 Å². The third-order valence-corrected chi connectivity index (χ3v) is 4.31. The molecule has 24 heavy (non-hydrogen) atoms. The van der Waals surface area contributed by atoms with Crippen molar-refractivity contribution in [1.29, 1.82) is 0 Å². The molecule has 1 aromatic carbocycles. The molecule has 2 aromatic rings. The Labute approximate surface area is 159 Å². The zero-order valence-corrected chi connectivity index (χ0v) is 16.2. The summed E-state index contributed by atoms with van der Waals surface area (Å²) in [5.41, 5.74) is 7.15. The minimum Gasteiger partial charge on any atom is -0.349 e. The van der Waals surface area contributed by atoms with Crippen LogP contribution in [0.25, 0.3) is 0 Å². The Hall–Kier alpha value is -1.18. The molecule has 0 aliphatic heterocycles. The number of hydrogen-bond donors (Lipinski definition) is 2. The number of likely N-dealkylation sites (N-methyl/N-ethyl adjacent to an activating group) is 1. The minimum atomic E-state index is -0.137. The number of carbonyl (C=O) groups is 1. The van der Waals surface area contributed by atoms with Crippen molar-refractivity contribution in [3.8, 4) is 0 Å². The van der Waals surface area contributed by atoms with Gasteiger partial charge in [0, 0.05) is 18.3 Å². The number of amides is 1. The van der Waals surface area contributed by atoms with Crippen LogP contribution in [0, 0.1) is 0 Å². The summed E-state index contributed by atoms with van der Waals surface area (Å²) in [6.45, 7) is 1.09. The first-order valence-corrected chi connectivity index (χ1v) is 8.14. The van der Waals surface area contributed by atoms with Crippen LogP contribution in [-0.4, -0.2) is 43.0 Å². The molecular weight excluding hydrogens is 367 g/mol. The van der Waals surface area contributed by atoms with Crippen LogP contribution in [0.15, 0.2) is 35.7 Å². The number of thiazole rings is 1. The van der Waals surface area contributed by atoms with Crippen molar-refractivity contribution in [2.45, 2.75) is 12.5 Å². The van der Waals surface area contributed by atoms with Crippen LogP contribution in [-0.2, 0) is 6.42 Å². The highest BCUT2D eigenvalue weighted by atomic mass is 35.5. The van der Waals surface area contributed by atoms with E-state index in [2.05, 4.69) is 27.3 Å². The van der Waals surface area contributed by atoms with Crippen molar-refractivity contribution in [1.82, 2.24) is 15.2 Å². The standard InChI is InChI=1S/C16H22N4OS.2ClH/c1-20(2)14(12-6-4-3-5-7-12)10-18-16(21)13-11-22-15(19-13)8-9-17;;/h3-7,11,14H,8-10,17H2,1-2H3,(H,18,21);2*1H. The first-order valence-electron chi connectivity index (χ1n) is 7.26. The zero-order valence-electron chi connectivity index (χ0n) is 13.8. The second-order valence-electron chi connectivity index (χ2n) is 5.27. The van der Waals surface area contributed by atoms with Crippen LogP contribution in [0.4, 0.5) is 0 Å². The topological polar surface area (TPSA) is 71.2 Å². The summed E-state index contributed by atoms with van der Waals surface area (Å²) < 4.78 is 0. The van der Waals surface area contributed by atoms with Gasteiger partial charge in [-0.1, -0.05) is 30.3 Å². The Morgan fingerprint density at radius 2 is 1.96 bits per heavy atom. The molecule has 0 saturated carbocycles. The van der Waals surface area contributed by atoms with Crippen LogP contribution in [0.5, 0.6) is 0 Å². The average Bonchev–Trinajstić information content (AvgIpc) is 2.97. The second kappa shape index (κ2) is 11.4. The fourth-order valence-electron chi connectivity index (χ4n) is 2.21. The van der Waals surface area contributed by atoms with E-state index in [4.69, 9.17) is 5.73 Å². The molecule has 1 atom stereocenters. The van der Waals surface area contributed by atoms with E-state index >= 15 is 0 Å². The molecule has 1 heterocycles. The number of hydrogen-bond acceptors (Lipinski definition) is 5. The summed E-state index contributed by atoms with van der Waals surface area (Å²) in [5.74, 6) is -0.137. The average molecular weight is 391 g/mol. The highest BCUT2D eigenvalue weighted by Crippen LogP contribution is 2.17. The molecular formula is C16H24Cl2N4OS. The molecule has 0 saturated heterocycles. The summed E-state index contributed by atoms with van der Waals surface area (Å²) in [7, 11) is 4.01. The van der Waals surface area contributed by atoms with E-state index in [1.54, 1.807) is 5.38 Å². The van der Waals surface area contributed by atoms with E-state index in [1.807, 2.05) is 32.3 Å². The molecule has 2 rings (SSSR count). The lowest BCUT2D eigenvalue weighted by atomic mass is 10.1. The van der Waals surface area contributed by atoms with Crippen LogP contribution in [0.2, 0.25) is 0 Å². The van der Waals surface area contributed by atoms with Gasteiger partial charge in [-0.15, -0.1) is 36.2 Å². The van der Waals surface area contributed by atoms with Crippen LogP contribution in [0.3, 0.4) is 0 Å². The van der Waals surface area contributed by atoms with E-state index in [9.17, 15) is 4.79 Å². The van der Waals surface area contributed by atoms with Crippen LogP contribution < -0.4 is 11.1 Å². The molecule has 5 nitrogen and oxygen atoms in total. The summed E-state index contributed by atoms with van der Waals surface area (Å²) in [4.78, 5) is 18.6. The predicted octanol–water partition coefficient (Wildman–Crippen LogP) is 2.52. The maximum atomic E-state index is 12.2. The molecule has 0 aliphatic carbocycles. The fraction of sp³-hybridized carbons (Fsp3) is 0.375. The molecule has 0 bridgehead atoms. The molecule has 8 heteroatoms. The number of aromatic nitrogens is 1. The van der Waals surface area contributed by atoms with Gasteiger partial charge in [0.05, 0.1) is 11.0 Å². The molecule has 1 aromatic heterocycles. The highest BCUT2D eigenvalue weighted by Gasteiger charge is 2.16. The smallest absolute Gasteiger partial charge is 0.270 e. The van der Waals surface area contributed by atoms with Gasteiger partial charge in [0.25, 0.3) is 5.91 Å². The first-order chi connectivity index (χ1) is 10.6. The summed E-state index contributed by atoms with van der Waals surface area (Å²) >= 11 is 1.48. The normalized spacial score (nSPS) is 11.3. The van der Waals surface area contributed by atoms with Crippen molar-refractivity contribution < 1.29 is 4.79 Å². The van der Waals surface area contributed by atoms with Gasteiger partial charge in [0.1, 0.15) is 5.69 Å². The van der Waals surface area contributed by atoms with E-state index in [-0.39, 0.29) is 36.8 Å². The van der Waals surface area contributed by atoms with Gasteiger partial charge in [-0.2, -0.15) is 0 Å². The van der Waals surface area contributed by atoms with Gasteiger partial charge in [0.15, 0.2) is 0 Å². The summed E-state index contributed by atoms with van der Waals surface area (Å²) in [6.07, 6.45) is 0.711. The number of halogens is 2. The number of carbonyl (C=O) groups excluding carboxylic acids is 1. The Morgan fingerprint density at radius 1 is 1.29 bits per heavy atom. The quantitative estimate of drug-likeness (QED) is 0.761. The van der Waals surface area contributed by atoms with Crippen LogP contribution in [0.1, 0.15) is 27.1 Å². The Kier molecular flexibility index (Phi) is 10.8. The summed E-state index contributed by atoms with van der Waals surface area (Å²) in [5, 5.41) is 5.65. The first kappa shape index (κ1) is 22.8. The molecule has 0 fully saturated rings. The largest absolute Gasteiger partial charge is 0.349 e. The number of benzene rings is 1. The Bertz CT molecular complexity index is 607. The van der Waals surface area contributed by atoms with Crippen molar-refractivity contribution in [2.75, 3.05) is 27.2 Å². The zero-order chi connectivity index (χ0) is 15.9. The number of nitrogens with one attached hydrogen (secondary N) is 1. The van der Waals surface area contributed by atoms with Gasteiger partial charge in [-0.3, -0.25) is 4.79 Å². The lowest BCUT2D eigenvalue weighted by Gasteiger charge is -2.24. The minimum absolute atomic E-state index is 0. The van der Waals surface area contributed by atoms with E-state index < -0.39 is 0 Å². The third-order valence-electron chi connectivity index (χ3n) is 3.41. The van der Waals surface area contributed by atoms with Gasteiger partial charge in [0.2, 0.25) is 0 Å². The molecule has 3 N–H and O–H groups in total. The second-order valence-corrected chi connectivity index (χ2v) is 6.21. The monoisotopic (exact) mass is 390 g/mol. The third kappa shape index (κ3) is 6.37. The maximum Gasteiger partial charge on any atom is 0.270 e. The molecule has 1 unspecified atom stereocenters. The maximum absolute atomic E-state index is 12.2. The van der Waals surface area contributed by atoms with E-state index in [1.165, 1.54) is 16.9 Å². The van der Waals surface area contributed by atoms with E-state index in [0.29, 0.717) is 25.2 Å². The lowest BCUT2D eigenvalue weighted by Crippen LogP contribution is -2.34. The fourth-order valence-corrected chi connectivity index (χ4v) is 3.00. The molecule has 0 radical (unpaired) electrons. The molecule has 1 amide bonds. The molecule has 0 aliphatic rings. The lowest BCUT2D eigenvalue weighted by molar-refractivity contribution is 0.0937.